The van der Waals surface area contributed by atoms with Crippen LogP contribution in [0.4, 0.5) is 18.9 Å². The van der Waals surface area contributed by atoms with Gasteiger partial charge in [-0.05, 0) is 30.5 Å². The van der Waals surface area contributed by atoms with E-state index < -0.39 is 34.3 Å². The van der Waals surface area contributed by atoms with Crippen LogP contribution in [0.15, 0.2) is 34.8 Å². The number of thiophene rings is 1. The third-order valence-corrected chi connectivity index (χ3v) is 5.27. The van der Waals surface area contributed by atoms with Crippen molar-refractivity contribution >= 4 is 34.7 Å². The number of carbonyl (C=O) groups is 1. The van der Waals surface area contributed by atoms with Gasteiger partial charge in [-0.3, -0.25) is 4.79 Å². The number of halogens is 3. The zero-order valence-corrected chi connectivity index (χ0v) is 14.9. The molecule has 2 aromatic heterocycles. The van der Waals surface area contributed by atoms with Gasteiger partial charge in [0.15, 0.2) is 23.3 Å². The molecule has 0 radical (unpaired) electrons. The number of benzene rings is 1. The van der Waals surface area contributed by atoms with E-state index in [1.807, 2.05) is 17.5 Å². The van der Waals surface area contributed by atoms with E-state index in [-0.39, 0.29) is 5.16 Å². The Kier molecular flexibility index (Phi) is 5.18. The Morgan fingerprint density at radius 3 is 2.73 bits per heavy atom. The number of carbonyl (C=O) groups excluding carboxylic acids is 1. The van der Waals surface area contributed by atoms with Gasteiger partial charge in [-0.25, -0.2) is 17.8 Å². The van der Waals surface area contributed by atoms with Crippen molar-refractivity contribution in [1.82, 2.24) is 14.9 Å². The number of amides is 1. The predicted octanol–water partition coefficient (Wildman–Crippen LogP) is 3.26. The maximum atomic E-state index is 13.7. The number of anilines is 1. The molecule has 1 atom stereocenters. The normalized spacial score (nSPS) is 12.2. The fourth-order valence-corrected chi connectivity index (χ4v) is 3.48. The van der Waals surface area contributed by atoms with Crippen molar-refractivity contribution in [1.29, 1.82) is 0 Å². The molecular weight excluding hydrogens is 387 g/mol. The number of hydrogen-bond acceptors (Lipinski definition) is 6. The van der Waals surface area contributed by atoms with Crippen LogP contribution in [0.2, 0.25) is 0 Å². The van der Waals surface area contributed by atoms with Crippen LogP contribution >= 0.6 is 23.1 Å². The monoisotopic (exact) mass is 399 g/mol. The highest BCUT2D eigenvalue weighted by atomic mass is 32.2. The number of hydrogen-bond donors (Lipinski definition) is 2. The maximum absolute atomic E-state index is 13.7. The third kappa shape index (κ3) is 3.53. The van der Waals surface area contributed by atoms with Gasteiger partial charge in [-0.2, -0.15) is 0 Å². The summed E-state index contributed by atoms with van der Waals surface area (Å²) >= 11 is 2.43. The number of nitrogens with two attached hydrogens (primary N) is 1. The minimum absolute atomic E-state index is 0.279. The molecule has 0 aliphatic heterocycles. The first-order valence-electron chi connectivity index (χ1n) is 7.24. The molecule has 26 heavy (non-hydrogen) atoms. The smallest absolute Gasteiger partial charge is 0.237 e. The average Bonchev–Trinajstić information content (AvgIpc) is 3.26. The second-order valence-corrected chi connectivity index (χ2v) is 7.38. The topological polar surface area (TPSA) is 85.8 Å². The second kappa shape index (κ2) is 7.38. The number of aromatic nitrogens is 3. The second-order valence-electron chi connectivity index (χ2n) is 5.13. The molecule has 2 heterocycles. The van der Waals surface area contributed by atoms with E-state index >= 15 is 0 Å². The van der Waals surface area contributed by atoms with Crippen molar-refractivity contribution in [2.75, 3.05) is 11.2 Å². The van der Waals surface area contributed by atoms with E-state index in [1.165, 1.54) is 22.9 Å². The van der Waals surface area contributed by atoms with Crippen LogP contribution in [0.1, 0.15) is 6.92 Å². The number of nitrogens with zero attached hydrogens (tertiary/aromatic N) is 3. The minimum atomic E-state index is -1.65. The fraction of sp³-hybridized carbons (Fsp3) is 0.133. The van der Waals surface area contributed by atoms with Gasteiger partial charge in [0.05, 0.1) is 15.8 Å². The molecule has 0 saturated carbocycles. The molecule has 6 nitrogen and oxygen atoms in total. The Labute approximate surface area is 154 Å². The van der Waals surface area contributed by atoms with Gasteiger partial charge >= 0.3 is 0 Å². The standard InChI is InChI=1S/C15H12F3N5OS2/c1-7(14(24)20-9-5-4-8(16)11(17)12(9)18)26-15-22-21-13(23(15)19)10-3-2-6-25-10/h2-7H,19H2,1H3,(H,20,24)/t7-/m0/s1. The Morgan fingerprint density at radius 1 is 1.27 bits per heavy atom. The number of rotatable bonds is 5. The van der Waals surface area contributed by atoms with Gasteiger partial charge in [0, 0.05) is 0 Å². The Morgan fingerprint density at radius 2 is 2.04 bits per heavy atom. The SMILES string of the molecule is C[C@H](Sc1nnc(-c2cccs2)n1N)C(=O)Nc1ccc(F)c(F)c1F. The Balaban J connectivity index is 1.71. The number of nitrogens with one attached hydrogen (secondary N) is 1. The highest BCUT2D eigenvalue weighted by molar-refractivity contribution is 8.00. The van der Waals surface area contributed by atoms with Crippen LogP contribution in [-0.2, 0) is 4.79 Å². The minimum Gasteiger partial charge on any atom is -0.335 e. The summed E-state index contributed by atoms with van der Waals surface area (Å²) in [6, 6.07) is 5.35. The first-order chi connectivity index (χ1) is 12.4. The quantitative estimate of drug-likeness (QED) is 0.391. The van der Waals surface area contributed by atoms with Crippen LogP contribution in [0.25, 0.3) is 10.7 Å². The summed E-state index contributed by atoms with van der Waals surface area (Å²) < 4.78 is 41.1. The molecule has 0 aliphatic carbocycles. The molecule has 3 aromatic rings. The lowest BCUT2D eigenvalue weighted by Crippen LogP contribution is -2.24. The van der Waals surface area contributed by atoms with Gasteiger partial charge in [-0.1, -0.05) is 17.8 Å². The van der Waals surface area contributed by atoms with Crippen LogP contribution in [0.3, 0.4) is 0 Å². The van der Waals surface area contributed by atoms with Gasteiger partial charge < -0.3 is 11.2 Å². The lowest BCUT2D eigenvalue weighted by molar-refractivity contribution is -0.115. The van der Waals surface area contributed by atoms with Crippen molar-refractivity contribution in [3.05, 3.63) is 47.1 Å². The zero-order valence-electron chi connectivity index (χ0n) is 13.2. The predicted molar refractivity (Wildman–Crippen MR) is 93.8 cm³/mol. The lowest BCUT2D eigenvalue weighted by Gasteiger charge is -2.12. The molecule has 0 saturated heterocycles. The van der Waals surface area contributed by atoms with E-state index in [1.54, 1.807) is 0 Å². The first kappa shape index (κ1) is 18.3. The molecule has 136 valence electrons. The molecule has 3 rings (SSSR count). The summed E-state index contributed by atoms with van der Waals surface area (Å²) in [4.78, 5) is 13.0. The molecule has 0 bridgehead atoms. The van der Waals surface area contributed by atoms with Crippen LogP contribution in [0, 0.1) is 17.5 Å². The highest BCUT2D eigenvalue weighted by Gasteiger charge is 2.22. The molecule has 11 heteroatoms. The van der Waals surface area contributed by atoms with Crippen molar-refractivity contribution in [2.45, 2.75) is 17.3 Å². The molecular formula is C15H12F3N5OS2. The van der Waals surface area contributed by atoms with Crippen molar-refractivity contribution in [3.63, 3.8) is 0 Å². The molecule has 0 aliphatic rings. The summed E-state index contributed by atoms with van der Waals surface area (Å²) in [7, 11) is 0. The largest absolute Gasteiger partial charge is 0.335 e. The Hall–Kier alpha value is -2.53. The molecule has 1 aromatic carbocycles. The van der Waals surface area contributed by atoms with Gasteiger partial charge in [-0.15, -0.1) is 21.5 Å². The van der Waals surface area contributed by atoms with Crippen molar-refractivity contribution in [2.24, 2.45) is 0 Å². The van der Waals surface area contributed by atoms with Crippen LogP contribution < -0.4 is 11.2 Å². The number of thioether (sulfide) groups is 1. The van der Waals surface area contributed by atoms with Crippen molar-refractivity contribution in [3.8, 4) is 10.7 Å². The summed E-state index contributed by atoms with van der Waals surface area (Å²) in [5.74, 6) is 1.33. The van der Waals surface area contributed by atoms with Crippen molar-refractivity contribution < 1.29 is 18.0 Å². The van der Waals surface area contributed by atoms with E-state index in [4.69, 9.17) is 5.84 Å². The number of nitrogen functional groups attached to an aromatic ring is 1. The van der Waals surface area contributed by atoms with E-state index in [0.717, 1.165) is 28.8 Å². The van der Waals surface area contributed by atoms with Gasteiger partial charge in [0.25, 0.3) is 0 Å². The molecule has 0 fully saturated rings. The summed E-state index contributed by atoms with van der Waals surface area (Å²) in [5.41, 5.74) is -0.449. The molecule has 1 amide bonds. The lowest BCUT2D eigenvalue weighted by atomic mass is 10.2. The molecule has 3 N–H and O–H groups in total. The van der Waals surface area contributed by atoms with E-state index in [9.17, 15) is 18.0 Å². The fourth-order valence-electron chi connectivity index (χ4n) is 2.00. The summed E-state index contributed by atoms with van der Waals surface area (Å²) in [5, 5.41) is 11.5. The van der Waals surface area contributed by atoms with E-state index in [0.29, 0.717) is 5.82 Å². The summed E-state index contributed by atoms with van der Waals surface area (Å²) in [6.45, 7) is 1.54. The highest BCUT2D eigenvalue weighted by Crippen LogP contribution is 2.28. The van der Waals surface area contributed by atoms with Gasteiger partial charge in [0.1, 0.15) is 0 Å². The van der Waals surface area contributed by atoms with Crippen LogP contribution in [0.5, 0.6) is 0 Å². The zero-order chi connectivity index (χ0) is 18.8. The molecule has 0 unspecified atom stereocenters. The third-order valence-electron chi connectivity index (χ3n) is 3.35. The molecule has 0 spiro atoms. The van der Waals surface area contributed by atoms with Crippen LogP contribution in [-0.4, -0.2) is 26.0 Å². The summed E-state index contributed by atoms with van der Waals surface area (Å²) in [6.07, 6.45) is 0. The first-order valence-corrected chi connectivity index (χ1v) is 8.99. The van der Waals surface area contributed by atoms with Gasteiger partial charge in [0.2, 0.25) is 11.1 Å². The Bertz CT molecular complexity index is 945. The average molecular weight is 399 g/mol. The van der Waals surface area contributed by atoms with E-state index in [2.05, 4.69) is 15.5 Å². The maximum Gasteiger partial charge on any atom is 0.237 e.